The standard InChI is InChI=1S/C13H20N2O6/c1-20-12(18)5-10-8-14(2-3-21-10)13(19)15-6-9(7-15)4-11(16)17/h9-10H,2-8H2,1H3,(H,16,17). The summed E-state index contributed by atoms with van der Waals surface area (Å²) in [6, 6.07) is -0.116. The molecular weight excluding hydrogens is 280 g/mol. The molecule has 0 spiro atoms. The topological polar surface area (TPSA) is 96.4 Å². The number of hydrogen-bond acceptors (Lipinski definition) is 5. The first-order chi connectivity index (χ1) is 9.99. The van der Waals surface area contributed by atoms with Crippen molar-refractivity contribution in [1.29, 1.82) is 0 Å². The number of carbonyl (C=O) groups excluding carboxylic acids is 2. The van der Waals surface area contributed by atoms with Crippen molar-refractivity contribution in [3.05, 3.63) is 0 Å². The van der Waals surface area contributed by atoms with Gasteiger partial charge in [-0.15, -0.1) is 0 Å². The lowest BCUT2D eigenvalue weighted by Crippen LogP contribution is -2.58. The molecule has 0 aliphatic carbocycles. The maximum absolute atomic E-state index is 12.2. The van der Waals surface area contributed by atoms with Gasteiger partial charge in [-0.05, 0) is 0 Å². The van der Waals surface area contributed by atoms with E-state index in [0.717, 1.165) is 0 Å². The molecule has 118 valence electrons. The molecule has 21 heavy (non-hydrogen) atoms. The normalized spacial score (nSPS) is 22.6. The molecule has 2 heterocycles. The molecule has 0 aromatic carbocycles. The molecule has 1 atom stereocenters. The smallest absolute Gasteiger partial charge is 0.320 e. The minimum Gasteiger partial charge on any atom is -0.481 e. The van der Waals surface area contributed by atoms with E-state index in [2.05, 4.69) is 4.74 Å². The number of aliphatic carboxylic acids is 1. The number of likely N-dealkylation sites (tertiary alicyclic amines) is 1. The number of hydrogen-bond donors (Lipinski definition) is 1. The minimum atomic E-state index is -0.836. The summed E-state index contributed by atoms with van der Waals surface area (Å²) < 4.78 is 10.0. The van der Waals surface area contributed by atoms with Gasteiger partial charge < -0.3 is 24.4 Å². The van der Waals surface area contributed by atoms with E-state index >= 15 is 0 Å². The number of esters is 1. The van der Waals surface area contributed by atoms with Crippen LogP contribution < -0.4 is 0 Å². The van der Waals surface area contributed by atoms with Crippen LogP contribution in [0, 0.1) is 5.92 Å². The third-order valence-corrected chi connectivity index (χ3v) is 3.72. The number of methoxy groups -OCH3 is 1. The third-order valence-electron chi connectivity index (χ3n) is 3.72. The Kier molecular flexibility index (Phi) is 5.00. The molecule has 2 aliphatic heterocycles. The zero-order valence-electron chi connectivity index (χ0n) is 12.0. The van der Waals surface area contributed by atoms with Crippen molar-refractivity contribution in [2.45, 2.75) is 18.9 Å². The predicted octanol–water partition coefficient (Wildman–Crippen LogP) is -0.223. The molecule has 2 saturated heterocycles. The second kappa shape index (κ2) is 6.75. The van der Waals surface area contributed by atoms with E-state index in [1.807, 2.05) is 0 Å². The van der Waals surface area contributed by atoms with E-state index in [0.29, 0.717) is 32.8 Å². The highest BCUT2D eigenvalue weighted by Crippen LogP contribution is 2.22. The zero-order valence-corrected chi connectivity index (χ0v) is 12.0. The van der Waals surface area contributed by atoms with Crippen LogP contribution in [0.3, 0.4) is 0 Å². The first-order valence-corrected chi connectivity index (χ1v) is 6.93. The quantitative estimate of drug-likeness (QED) is 0.721. The van der Waals surface area contributed by atoms with E-state index < -0.39 is 5.97 Å². The zero-order chi connectivity index (χ0) is 15.4. The van der Waals surface area contributed by atoms with Gasteiger partial charge in [-0.25, -0.2) is 4.79 Å². The van der Waals surface area contributed by atoms with Crippen LogP contribution in [0.4, 0.5) is 4.79 Å². The molecule has 8 heteroatoms. The van der Waals surface area contributed by atoms with Crippen LogP contribution in [0.5, 0.6) is 0 Å². The number of ether oxygens (including phenoxy) is 2. The Hall–Kier alpha value is -1.83. The lowest BCUT2D eigenvalue weighted by atomic mass is 9.97. The van der Waals surface area contributed by atoms with Gasteiger partial charge in [0, 0.05) is 32.1 Å². The van der Waals surface area contributed by atoms with Gasteiger partial charge in [0.25, 0.3) is 0 Å². The van der Waals surface area contributed by atoms with E-state index in [9.17, 15) is 14.4 Å². The summed E-state index contributed by atoms with van der Waals surface area (Å²) in [6.07, 6.45) is -0.119. The summed E-state index contributed by atoms with van der Waals surface area (Å²) in [6.45, 7) is 2.18. The summed E-state index contributed by atoms with van der Waals surface area (Å²) in [5.41, 5.74) is 0. The van der Waals surface area contributed by atoms with Crippen molar-refractivity contribution >= 4 is 18.0 Å². The largest absolute Gasteiger partial charge is 0.481 e. The van der Waals surface area contributed by atoms with Crippen molar-refractivity contribution in [2.24, 2.45) is 5.92 Å². The minimum absolute atomic E-state index is 0.0401. The summed E-state index contributed by atoms with van der Waals surface area (Å²) in [5.74, 6) is -1.16. The fourth-order valence-electron chi connectivity index (χ4n) is 2.59. The van der Waals surface area contributed by atoms with Crippen molar-refractivity contribution in [3.63, 3.8) is 0 Å². The Labute approximate surface area is 122 Å². The van der Waals surface area contributed by atoms with Gasteiger partial charge in [0.1, 0.15) is 0 Å². The molecule has 0 aromatic heterocycles. The number of nitrogens with zero attached hydrogens (tertiary/aromatic N) is 2. The number of carbonyl (C=O) groups is 3. The summed E-state index contributed by atoms with van der Waals surface area (Å²) in [4.78, 5) is 37.3. The van der Waals surface area contributed by atoms with Gasteiger partial charge in [0.15, 0.2) is 0 Å². The number of morpholine rings is 1. The van der Waals surface area contributed by atoms with Crippen molar-refractivity contribution in [2.75, 3.05) is 39.9 Å². The maximum atomic E-state index is 12.2. The number of carboxylic acid groups (broad SMARTS) is 1. The third kappa shape index (κ3) is 4.07. The second-order valence-electron chi connectivity index (χ2n) is 5.37. The van der Waals surface area contributed by atoms with Crippen molar-refractivity contribution in [1.82, 2.24) is 9.80 Å². The predicted molar refractivity (Wildman–Crippen MR) is 70.7 cm³/mol. The fraction of sp³-hybridized carbons (Fsp3) is 0.769. The highest BCUT2D eigenvalue weighted by molar-refractivity contribution is 5.76. The summed E-state index contributed by atoms with van der Waals surface area (Å²) >= 11 is 0. The molecular formula is C13H20N2O6. The molecule has 2 fully saturated rings. The van der Waals surface area contributed by atoms with Crippen LogP contribution in [-0.4, -0.2) is 78.9 Å². The lowest BCUT2D eigenvalue weighted by molar-refractivity contribution is -0.145. The Bertz CT molecular complexity index is 421. The SMILES string of the molecule is COC(=O)CC1CN(C(=O)N2CC(CC(=O)O)C2)CCO1. The average molecular weight is 300 g/mol. The molecule has 1 N–H and O–H groups in total. The van der Waals surface area contributed by atoms with Crippen LogP contribution in [-0.2, 0) is 19.1 Å². The average Bonchev–Trinajstić information content (AvgIpc) is 2.41. The van der Waals surface area contributed by atoms with Crippen LogP contribution >= 0.6 is 0 Å². The highest BCUT2D eigenvalue weighted by Gasteiger charge is 2.36. The highest BCUT2D eigenvalue weighted by atomic mass is 16.5. The Balaban J connectivity index is 1.78. The van der Waals surface area contributed by atoms with E-state index in [1.165, 1.54) is 7.11 Å². The maximum Gasteiger partial charge on any atom is 0.320 e. The second-order valence-corrected chi connectivity index (χ2v) is 5.37. The van der Waals surface area contributed by atoms with Gasteiger partial charge in [-0.2, -0.15) is 0 Å². The number of amides is 2. The van der Waals surface area contributed by atoms with Crippen LogP contribution in [0.1, 0.15) is 12.8 Å². The molecule has 2 aliphatic rings. The van der Waals surface area contributed by atoms with Gasteiger partial charge in [0.2, 0.25) is 0 Å². The van der Waals surface area contributed by atoms with Gasteiger partial charge >= 0.3 is 18.0 Å². The van der Waals surface area contributed by atoms with Gasteiger partial charge in [0.05, 0.1) is 32.7 Å². The van der Waals surface area contributed by atoms with E-state index in [1.54, 1.807) is 9.80 Å². The van der Waals surface area contributed by atoms with Gasteiger partial charge in [-0.1, -0.05) is 0 Å². The molecule has 2 rings (SSSR count). The molecule has 0 bridgehead atoms. The molecule has 8 nitrogen and oxygen atoms in total. The lowest BCUT2D eigenvalue weighted by Gasteiger charge is -2.43. The number of urea groups is 1. The van der Waals surface area contributed by atoms with Gasteiger partial charge in [-0.3, -0.25) is 9.59 Å². The van der Waals surface area contributed by atoms with Crippen LogP contribution in [0.15, 0.2) is 0 Å². The van der Waals surface area contributed by atoms with E-state index in [-0.39, 0.29) is 36.9 Å². The van der Waals surface area contributed by atoms with Crippen molar-refractivity contribution < 1.29 is 29.0 Å². The van der Waals surface area contributed by atoms with Crippen LogP contribution in [0.2, 0.25) is 0 Å². The Morgan fingerprint density at radius 1 is 1.19 bits per heavy atom. The molecule has 0 aromatic rings. The fourth-order valence-corrected chi connectivity index (χ4v) is 2.59. The Morgan fingerprint density at radius 2 is 1.90 bits per heavy atom. The number of carboxylic acids is 1. The Morgan fingerprint density at radius 3 is 2.52 bits per heavy atom. The van der Waals surface area contributed by atoms with E-state index in [4.69, 9.17) is 9.84 Å². The van der Waals surface area contributed by atoms with Crippen molar-refractivity contribution in [3.8, 4) is 0 Å². The summed E-state index contributed by atoms with van der Waals surface area (Å²) in [7, 11) is 1.32. The first-order valence-electron chi connectivity index (χ1n) is 6.93. The molecule has 0 saturated carbocycles. The first kappa shape index (κ1) is 15.6. The van der Waals surface area contributed by atoms with Crippen LogP contribution in [0.25, 0.3) is 0 Å². The molecule has 1 unspecified atom stereocenters. The monoisotopic (exact) mass is 300 g/mol. The molecule has 2 amide bonds. The summed E-state index contributed by atoms with van der Waals surface area (Å²) in [5, 5.41) is 8.69. The molecule has 0 radical (unpaired) electrons. The number of rotatable bonds is 4.